The van der Waals surface area contributed by atoms with Gasteiger partial charge >= 0.3 is 0 Å². The minimum absolute atomic E-state index is 0. The van der Waals surface area contributed by atoms with Crippen molar-refractivity contribution in [3.8, 4) is 11.5 Å². The molecule has 180 valence electrons. The summed E-state index contributed by atoms with van der Waals surface area (Å²) in [6, 6.07) is 8.45. The maximum atomic E-state index is 5.94. The minimum atomic E-state index is 0. The topological polar surface area (TPSA) is 71.0 Å². The van der Waals surface area contributed by atoms with Crippen molar-refractivity contribution < 1.29 is 9.47 Å². The largest absolute Gasteiger partial charge is 0.494 e. The van der Waals surface area contributed by atoms with Crippen LogP contribution in [-0.2, 0) is 19.5 Å². The first kappa shape index (κ1) is 25.4. The lowest BCUT2D eigenvalue weighted by Gasteiger charge is -2.28. The molecule has 2 aliphatic rings. The number of ether oxygens (including phenoxy) is 2. The van der Waals surface area contributed by atoms with Crippen molar-refractivity contribution in [3.05, 3.63) is 47.2 Å². The first-order valence-electron chi connectivity index (χ1n) is 11.8. The monoisotopic (exact) mass is 565 g/mol. The number of anilines is 1. The third-order valence-corrected chi connectivity index (χ3v) is 6.00. The van der Waals surface area contributed by atoms with Crippen molar-refractivity contribution in [2.75, 3.05) is 31.6 Å². The number of hydrogen-bond acceptors (Lipinski definition) is 5. The molecule has 0 amide bonds. The lowest BCUT2D eigenvalue weighted by molar-refractivity contribution is 0.254. The summed E-state index contributed by atoms with van der Waals surface area (Å²) in [5.41, 5.74) is 3.48. The highest BCUT2D eigenvalue weighted by Crippen LogP contribution is 2.35. The predicted octanol–water partition coefficient (Wildman–Crippen LogP) is 4.28. The second kappa shape index (κ2) is 12.3. The molecule has 33 heavy (non-hydrogen) atoms. The fourth-order valence-electron chi connectivity index (χ4n) is 4.36. The van der Waals surface area contributed by atoms with E-state index in [0.29, 0.717) is 19.7 Å². The summed E-state index contributed by atoms with van der Waals surface area (Å²) in [6.45, 7) is 8.23. The van der Waals surface area contributed by atoms with E-state index in [-0.39, 0.29) is 30.1 Å². The van der Waals surface area contributed by atoms with Crippen LogP contribution in [0, 0.1) is 0 Å². The SMILES string of the molecule is CCOc1cc2c(cc1CNC(=NC)NCc1ccnc(N3CCCCC3)c1)OC(C)C2.I. The molecule has 1 aromatic heterocycles. The molecule has 1 fully saturated rings. The van der Waals surface area contributed by atoms with E-state index in [1.54, 1.807) is 7.05 Å². The van der Waals surface area contributed by atoms with Crippen LogP contribution in [-0.4, -0.2) is 43.8 Å². The molecule has 0 saturated carbocycles. The van der Waals surface area contributed by atoms with Crippen molar-refractivity contribution in [1.82, 2.24) is 15.6 Å². The molecule has 2 aromatic rings. The molecule has 1 unspecified atom stereocenters. The van der Waals surface area contributed by atoms with Crippen LogP contribution in [0.1, 0.15) is 49.8 Å². The number of guanidine groups is 1. The smallest absolute Gasteiger partial charge is 0.191 e. The molecule has 3 heterocycles. The molecule has 0 aliphatic carbocycles. The molecule has 0 radical (unpaired) electrons. The van der Waals surface area contributed by atoms with Crippen LogP contribution in [0.25, 0.3) is 0 Å². The molecule has 1 atom stereocenters. The quantitative estimate of drug-likeness (QED) is 0.297. The Morgan fingerprint density at radius 1 is 1.18 bits per heavy atom. The standard InChI is InChI=1S/C25H35N5O2.HI/c1-4-31-22-14-20-12-18(2)32-23(20)15-21(22)17-29-25(26-3)28-16-19-8-9-27-24(13-19)30-10-6-5-7-11-30;/h8-9,13-15,18H,4-7,10-12,16-17H2,1-3H3,(H2,26,28,29);1H. The maximum absolute atomic E-state index is 5.94. The van der Waals surface area contributed by atoms with Crippen molar-refractivity contribution in [1.29, 1.82) is 0 Å². The number of aromatic nitrogens is 1. The Bertz CT molecular complexity index is 946. The van der Waals surface area contributed by atoms with E-state index < -0.39 is 0 Å². The molecule has 1 aromatic carbocycles. The molecular formula is C25H36IN5O2. The third-order valence-electron chi connectivity index (χ3n) is 6.00. The Morgan fingerprint density at radius 2 is 1.97 bits per heavy atom. The summed E-state index contributed by atoms with van der Waals surface area (Å²) in [5.74, 6) is 3.69. The number of hydrogen-bond donors (Lipinski definition) is 2. The molecular weight excluding hydrogens is 529 g/mol. The first-order valence-corrected chi connectivity index (χ1v) is 11.8. The van der Waals surface area contributed by atoms with Gasteiger partial charge in [0.25, 0.3) is 0 Å². The van der Waals surface area contributed by atoms with Gasteiger partial charge in [-0.05, 0) is 62.9 Å². The fraction of sp³-hybridized carbons (Fsp3) is 0.520. The van der Waals surface area contributed by atoms with Crippen molar-refractivity contribution >= 4 is 35.8 Å². The summed E-state index contributed by atoms with van der Waals surface area (Å²) in [5, 5.41) is 6.83. The van der Waals surface area contributed by atoms with E-state index in [9.17, 15) is 0 Å². The Kier molecular flexibility index (Phi) is 9.46. The van der Waals surface area contributed by atoms with Gasteiger partial charge in [0.2, 0.25) is 0 Å². The van der Waals surface area contributed by atoms with Crippen LogP contribution in [0.3, 0.4) is 0 Å². The first-order chi connectivity index (χ1) is 15.7. The van der Waals surface area contributed by atoms with Gasteiger partial charge in [0.15, 0.2) is 5.96 Å². The molecule has 8 heteroatoms. The molecule has 0 spiro atoms. The van der Waals surface area contributed by atoms with Gasteiger partial charge in [-0.1, -0.05) is 0 Å². The lowest BCUT2D eigenvalue weighted by atomic mass is 10.1. The van der Waals surface area contributed by atoms with Gasteiger partial charge in [-0.2, -0.15) is 0 Å². The van der Waals surface area contributed by atoms with Crippen molar-refractivity contribution in [2.24, 2.45) is 4.99 Å². The zero-order valence-corrected chi connectivity index (χ0v) is 22.2. The number of piperidine rings is 1. The number of nitrogens with one attached hydrogen (secondary N) is 2. The Morgan fingerprint density at radius 3 is 2.73 bits per heavy atom. The number of rotatable bonds is 7. The van der Waals surface area contributed by atoms with Gasteiger partial charge in [-0.3, -0.25) is 4.99 Å². The van der Waals surface area contributed by atoms with Gasteiger partial charge in [0.1, 0.15) is 23.4 Å². The zero-order chi connectivity index (χ0) is 22.3. The van der Waals surface area contributed by atoms with Crippen LogP contribution >= 0.6 is 24.0 Å². The molecule has 4 rings (SSSR count). The van der Waals surface area contributed by atoms with E-state index >= 15 is 0 Å². The molecule has 7 nitrogen and oxygen atoms in total. The zero-order valence-electron chi connectivity index (χ0n) is 19.9. The number of halogens is 1. The number of aliphatic imine (C=N–C) groups is 1. The lowest BCUT2D eigenvalue weighted by Crippen LogP contribution is -2.36. The Balaban J connectivity index is 0.00000306. The van der Waals surface area contributed by atoms with Crippen LogP contribution < -0.4 is 25.0 Å². The minimum Gasteiger partial charge on any atom is -0.494 e. The maximum Gasteiger partial charge on any atom is 0.191 e. The highest BCUT2D eigenvalue weighted by atomic mass is 127. The second-order valence-electron chi connectivity index (χ2n) is 8.48. The highest BCUT2D eigenvalue weighted by molar-refractivity contribution is 14.0. The van der Waals surface area contributed by atoms with Crippen LogP contribution in [0.15, 0.2) is 35.5 Å². The van der Waals surface area contributed by atoms with Crippen LogP contribution in [0.4, 0.5) is 5.82 Å². The average molecular weight is 566 g/mol. The number of pyridine rings is 1. The van der Waals surface area contributed by atoms with Gasteiger partial charge < -0.3 is 25.0 Å². The van der Waals surface area contributed by atoms with Gasteiger partial charge in [0, 0.05) is 57.0 Å². The summed E-state index contributed by atoms with van der Waals surface area (Å²) in [7, 11) is 1.79. The molecule has 0 bridgehead atoms. The average Bonchev–Trinajstić information content (AvgIpc) is 3.19. The predicted molar refractivity (Wildman–Crippen MR) is 144 cm³/mol. The molecule has 2 aliphatic heterocycles. The number of nitrogens with zero attached hydrogens (tertiary/aromatic N) is 3. The highest BCUT2D eigenvalue weighted by Gasteiger charge is 2.22. The van der Waals surface area contributed by atoms with Crippen LogP contribution in [0.2, 0.25) is 0 Å². The van der Waals surface area contributed by atoms with Crippen molar-refractivity contribution in [2.45, 2.75) is 58.7 Å². The van der Waals surface area contributed by atoms with E-state index in [1.807, 2.05) is 13.1 Å². The van der Waals surface area contributed by atoms with Gasteiger partial charge in [-0.15, -0.1) is 24.0 Å². The van der Waals surface area contributed by atoms with Crippen molar-refractivity contribution in [3.63, 3.8) is 0 Å². The number of benzene rings is 1. The Labute approximate surface area is 214 Å². The molecule has 2 N–H and O–H groups in total. The summed E-state index contributed by atoms with van der Waals surface area (Å²) in [4.78, 5) is 11.3. The second-order valence-corrected chi connectivity index (χ2v) is 8.48. The van der Waals surface area contributed by atoms with Gasteiger partial charge in [0.05, 0.1) is 6.61 Å². The normalized spacial score (nSPS) is 17.6. The van der Waals surface area contributed by atoms with E-state index in [2.05, 4.69) is 56.7 Å². The van der Waals surface area contributed by atoms with Crippen LogP contribution in [0.5, 0.6) is 11.5 Å². The molecule has 1 saturated heterocycles. The number of fused-ring (bicyclic) bond motifs is 1. The summed E-state index contributed by atoms with van der Waals surface area (Å²) >= 11 is 0. The third kappa shape index (κ3) is 6.65. The van der Waals surface area contributed by atoms with Gasteiger partial charge in [-0.25, -0.2) is 4.98 Å². The Hall–Kier alpha value is -2.23. The van der Waals surface area contributed by atoms with E-state index in [0.717, 1.165) is 48.4 Å². The fourth-order valence-corrected chi connectivity index (χ4v) is 4.36. The van der Waals surface area contributed by atoms with E-state index in [1.165, 1.54) is 30.4 Å². The summed E-state index contributed by atoms with van der Waals surface area (Å²) in [6.07, 6.45) is 6.86. The van der Waals surface area contributed by atoms with E-state index in [4.69, 9.17) is 9.47 Å². The summed E-state index contributed by atoms with van der Waals surface area (Å²) < 4.78 is 11.8.